The van der Waals surface area contributed by atoms with Gasteiger partial charge in [0.05, 0.1) is 10.6 Å². The van der Waals surface area contributed by atoms with E-state index in [0.717, 1.165) is 5.56 Å². The Morgan fingerprint density at radius 2 is 1.66 bits per heavy atom. The molecule has 1 amide bonds. The van der Waals surface area contributed by atoms with Crippen LogP contribution in [0, 0.1) is 6.92 Å². The standard InChI is InChI=1S/C23H22Cl2N2O3S2/c1-16-14-17(10-11-22(16)27-32(29,30)18-6-3-2-4-7-18)23(28)26-12-13-31-15-19-20(24)8-5-9-21(19)25/h2-11,14,27H,12-13,15H2,1H3,(H,26,28). The lowest BCUT2D eigenvalue weighted by Gasteiger charge is -2.12. The van der Waals surface area contributed by atoms with E-state index in [-0.39, 0.29) is 10.8 Å². The highest BCUT2D eigenvalue weighted by molar-refractivity contribution is 7.98. The summed E-state index contributed by atoms with van der Waals surface area (Å²) >= 11 is 14.0. The molecular formula is C23H22Cl2N2O3S2. The zero-order chi connectivity index (χ0) is 23.1. The molecule has 3 rings (SSSR count). The smallest absolute Gasteiger partial charge is 0.261 e. The number of nitrogens with one attached hydrogen (secondary N) is 2. The van der Waals surface area contributed by atoms with Gasteiger partial charge in [-0.1, -0.05) is 47.5 Å². The number of aryl methyl sites for hydroxylation is 1. The summed E-state index contributed by atoms with van der Waals surface area (Å²) in [5.41, 5.74) is 2.43. The van der Waals surface area contributed by atoms with E-state index in [1.54, 1.807) is 73.3 Å². The van der Waals surface area contributed by atoms with Gasteiger partial charge >= 0.3 is 0 Å². The van der Waals surface area contributed by atoms with Crippen molar-refractivity contribution in [2.45, 2.75) is 17.6 Å². The topological polar surface area (TPSA) is 75.3 Å². The Hall–Kier alpha value is -2.19. The van der Waals surface area contributed by atoms with E-state index in [9.17, 15) is 13.2 Å². The zero-order valence-electron chi connectivity index (χ0n) is 17.3. The molecule has 0 aliphatic carbocycles. The van der Waals surface area contributed by atoms with Crippen LogP contribution < -0.4 is 10.0 Å². The molecule has 0 heterocycles. The lowest BCUT2D eigenvalue weighted by Crippen LogP contribution is -2.26. The van der Waals surface area contributed by atoms with E-state index < -0.39 is 10.0 Å². The summed E-state index contributed by atoms with van der Waals surface area (Å²) in [5.74, 6) is 1.13. The minimum atomic E-state index is -3.69. The first-order valence-corrected chi connectivity index (χ1v) is 13.1. The van der Waals surface area contributed by atoms with Gasteiger partial charge in [-0.3, -0.25) is 9.52 Å². The maximum Gasteiger partial charge on any atom is 0.261 e. The van der Waals surface area contributed by atoms with Crippen LogP contribution in [0.15, 0.2) is 71.6 Å². The lowest BCUT2D eigenvalue weighted by molar-refractivity contribution is 0.0956. The minimum absolute atomic E-state index is 0.178. The van der Waals surface area contributed by atoms with Crippen molar-refractivity contribution < 1.29 is 13.2 Å². The molecule has 0 aromatic heterocycles. The molecule has 9 heteroatoms. The van der Waals surface area contributed by atoms with Crippen LogP contribution in [0.3, 0.4) is 0 Å². The fraction of sp³-hybridized carbons (Fsp3) is 0.174. The summed E-state index contributed by atoms with van der Waals surface area (Å²) < 4.78 is 27.6. The molecule has 0 aliphatic rings. The van der Waals surface area contributed by atoms with E-state index in [4.69, 9.17) is 23.2 Å². The molecule has 0 saturated carbocycles. The summed E-state index contributed by atoms with van der Waals surface area (Å²) in [5, 5.41) is 4.13. The predicted molar refractivity (Wildman–Crippen MR) is 133 cm³/mol. The second-order valence-corrected chi connectivity index (χ2v) is 10.6. The first-order chi connectivity index (χ1) is 15.3. The van der Waals surface area contributed by atoms with Crippen LogP contribution in [0.5, 0.6) is 0 Å². The fourth-order valence-corrected chi connectivity index (χ4v) is 5.65. The Morgan fingerprint density at radius 3 is 2.31 bits per heavy atom. The fourth-order valence-electron chi connectivity index (χ4n) is 2.91. The van der Waals surface area contributed by atoms with Crippen molar-refractivity contribution in [3.63, 3.8) is 0 Å². The van der Waals surface area contributed by atoms with Crippen LogP contribution >= 0.6 is 35.0 Å². The molecule has 5 nitrogen and oxygen atoms in total. The Balaban J connectivity index is 1.52. The van der Waals surface area contributed by atoms with Crippen molar-refractivity contribution in [1.29, 1.82) is 0 Å². The minimum Gasteiger partial charge on any atom is -0.351 e. The lowest BCUT2D eigenvalue weighted by atomic mass is 10.1. The number of anilines is 1. The van der Waals surface area contributed by atoms with E-state index in [0.29, 0.717) is 44.9 Å². The van der Waals surface area contributed by atoms with Gasteiger partial charge in [0.1, 0.15) is 0 Å². The average molecular weight is 509 g/mol. The maximum atomic E-state index is 12.5. The van der Waals surface area contributed by atoms with E-state index in [1.807, 2.05) is 0 Å². The third-order valence-corrected chi connectivity index (χ3v) is 7.70. The van der Waals surface area contributed by atoms with Gasteiger partial charge in [-0.15, -0.1) is 0 Å². The number of sulfonamides is 1. The van der Waals surface area contributed by atoms with Crippen molar-refractivity contribution in [2.24, 2.45) is 0 Å². The first-order valence-electron chi connectivity index (χ1n) is 9.75. The van der Waals surface area contributed by atoms with Crippen molar-refractivity contribution in [2.75, 3.05) is 17.0 Å². The molecule has 3 aromatic carbocycles. The van der Waals surface area contributed by atoms with Gasteiger partial charge in [-0.2, -0.15) is 11.8 Å². The van der Waals surface area contributed by atoms with Crippen LogP contribution in [0.4, 0.5) is 5.69 Å². The average Bonchev–Trinajstić information content (AvgIpc) is 2.77. The molecule has 0 aliphatic heterocycles. The number of carbonyl (C=O) groups is 1. The number of carbonyl (C=O) groups excluding carboxylic acids is 1. The molecule has 168 valence electrons. The predicted octanol–water partition coefficient (Wildman–Crippen LogP) is 5.77. The first kappa shape index (κ1) is 24.5. The Labute approximate surface area is 202 Å². The monoisotopic (exact) mass is 508 g/mol. The number of hydrogen-bond donors (Lipinski definition) is 2. The van der Waals surface area contributed by atoms with Gasteiger partial charge in [0.25, 0.3) is 15.9 Å². The summed E-state index contributed by atoms with van der Waals surface area (Å²) in [6.45, 7) is 2.23. The van der Waals surface area contributed by atoms with Gasteiger partial charge < -0.3 is 5.32 Å². The molecule has 0 saturated heterocycles. The van der Waals surface area contributed by atoms with E-state index in [2.05, 4.69) is 10.0 Å². The van der Waals surface area contributed by atoms with Crippen molar-refractivity contribution in [3.8, 4) is 0 Å². The summed E-state index contributed by atoms with van der Waals surface area (Å²) in [4.78, 5) is 12.6. The highest BCUT2D eigenvalue weighted by Crippen LogP contribution is 2.28. The number of halogens is 2. The van der Waals surface area contributed by atoms with Crippen LogP contribution in [-0.4, -0.2) is 26.6 Å². The number of benzene rings is 3. The number of thioether (sulfide) groups is 1. The Bertz CT molecular complexity index is 1180. The van der Waals surface area contributed by atoms with Crippen molar-refractivity contribution in [1.82, 2.24) is 5.32 Å². The second kappa shape index (κ2) is 11.1. The van der Waals surface area contributed by atoms with Crippen LogP contribution in [0.1, 0.15) is 21.5 Å². The molecule has 0 bridgehead atoms. The third-order valence-electron chi connectivity index (χ3n) is 4.63. The zero-order valence-corrected chi connectivity index (χ0v) is 20.4. The summed E-state index contributed by atoms with van der Waals surface area (Å²) in [7, 11) is -3.69. The molecule has 0 atom stereocenters. The highest BCUT2D eigenvalue weighted by atomic mass is 35.5. The van der Waals surface area contributed by atoms with Crippen LogP contribution in [0.25, 0.3) is 0 Å². The van der Waals surface area contributed by atoms with Crippen LogP contribution in [-0.2, 0) is 15.8 Å². The molecule has 0 fully saturated rings. The summed E-state index contributed by atoms with van der Waals surface area (Å²) in [6.07, 6.45) is 0. The van der Waals surface area contributed by atoms with Gasteiger partial charge in [-0.25, -0.2) is 8.42 Å². The third kappa shape index (κ3) is 6.42. The largest absolute Gasteiger partial charge is 0.351 e. The van der Waals surface area contributed by atoms with Gasteiger partial charge in [0.15, 0.2) is 0 Å². The highest BCUT2D eigenvalue weighted by Gasteiger charge is 2.16. The van der Waals surface area contributed by atoms with E-state index >= 15 is 0 Å². The Morgan fingerprint density at radius 1 is 0.969 bits per heavy atom. The van der Waals surface area contributed by atoms with Gasteiger partial charge in [0.2, 0.25) is 0 Å². The molecule has 0 spiro atoms. The molecular weight excluding hydrogens is 487 g/mol. The van der Waals surface area contributed by atoms with Crippen molar-refractivity contribution in [3.05, 3.63) is 93.5 Å². The Kier molecular flexibility index (Phi) is 8.48. The van der Waals surface area contributed by atoms with E-state index in [1.165, 1.54) is 12.1 Å². The van der Waals surface area contributed by atoms with Crippen molar-refractivity contribution >= 4 is 56.6 Å². The number of amides is 1. The van der Waals surface area contributed by atoms with Gasteiger partial charge in [-0.05, 0) is 60.5 Å². The molecule has 0 radical (unpaired) electrons. The molecule has 3 aromatic rings. The summed E-state index contributed by atoms with van der Waals surface area (Å²) in [6, 6.07) is 18.4. The molecule has 0 unspecified atom stereocenters. The SMILES string of the molecule is Cc1cc(C(=O)NCCSCc2c(Cl)cccc2Cl)ccc1NS(=O)(=O)c1ccccc1. The number of rotatable bonds is 9. The normalized spacial score (nSPS) is 11.2. The molecule has 32 heavy (non-hydrogen) atoms. The second-order valence-electron chi connectivity index (χ2n) is 6.96. The quantitative estimate of drug-likeness (QED) is 0.360. The maximum absolute atomic E-state index is 12.5. The number of hydrogen-bond acceptors (Lipinski definition) is 4. The molecule has 2 N–H and O–H groups in total. The van der Waals surface area contributed by atoms with Crippen LogP contribution in [0.2, 0.25) is 10.0 Å². The van der Waals surface area contributed by atoms with Gasteiger partial charge in [0, 0.05) is 33.7 Å².